The Morgan fingerprint density at radius 1 is 1.10 bits per heavy atom. The van der Waals surface area contributed by atoms with Gasteiger partial charge in [-0.25, -0.2) is 0 Å². The van der Waals surface area contributed by atoms with Crippen molar-refractivity contribution in [1.29, 1.82) is 0 Å². The van der Waals surface area contributed by atoms with Crippen LogP contribution >= 0.6 is 0 Å². The predicted octanol–water partition coefficient (Wildman–Crippen LogP) is 4.46. The number of aromatic nitrogens is 1. The SMILES string of the molecule is CCN(CC)CCOc1cc(NC(=O)c2c(C)[nH]c3ccccc23)ccc1OC. The molecule has 6 nitrogen and oxygen atoms in total. The summed E-state index contributed by atoms with van der Waals surface area (Å²) in [5.74, 6) is 1.11. The van der Waals surface area contributed by atoms with Crippen LogP contribution in [0.4, 0.5) is 5.69 Å². The van der Waals surface area contributed by atoms with E-state index in [0.29, 0.717) is 29.4 Å². The Morgan fingerprint density at radius 2 is 1.86 bits per heavy atom. The molecule has 29 heavy (non-hydrogen) atoms. The van der Waals surface area contributed by atoms with Crippen LogP contribution in [0.5, 0.6) is 11.5 Å². The van der Waals surface area contributed by atoms with E-state index in [9.17, 15) is 4.79 Å². The number of benzene rings is 2. The molecule has 6 heteroatoms. The molecule has 0 atom stereocenters. The number of rotatable bonds is 9. The lowest BCUT2D eigenvalue weighted by Crippen LogP contribution is -2.28. The molecule has 0 spiro atoms. The van der Waals surface area contributed by atoms with E-state index in [1.165, 1.54) is 0 Å². The van der Waals surface area contributed by atoms with Crippen molar-refractivity contribution in [2.75, 3.05) is 38.7 Å². The standard InChI is InChI=1S/C23H29N3O3/c1-5-26(6-2)13-14-29-21-15-17(11-12-20(21)28-4)25-23(27)22-16(3)24-19-10-8-7-9-18(19)22/h7-12,15,24H,5-6,13-14H2,1-4H3,(H,25,27). The molecule has 0 aliphatic rings. The molecular formula is C23H29N3O3. The molecule has 0 bridgehead atoms. The van der Waals surface area contributed by atoms with Crippen LogP contribution in [0.15, 0.2) is 42.5 Å². The van der Waals surface area contributed by atoms with Crippen LogP contribution in [0.3, 0.4) is 0 Å². The third kappa shape index (κ3) is 4.71. The number of likely N-dealkylation sites (N-methyl/N-ethyl adjacent to an activating group) is 1. The summed E-state index contributed by atoms with van der Waals surface area (Å²) < 4.78 is 11.4. The van der Waals surface area contributed by atoms with E-state index >= 15 is 0 Å². The summed E-state index contributed by atoms with van der Waals surface area (Å²) in [6, 6.07) is 13.2. The van der Waals surface area contributed by atoms with E-state index in [-0.39, 0.29) is 5.91 Å². The first kappa shape index (κ1) is 20.7. The largest absolute Gasteiger partial charge is 0.493 e. The summed E-state index contributed by atoms with van der Waals surface area (Å²) in [4.78, 5) is 18.5. The molecule has 0 unspecified atom stereocenters. The van der Waals surface area contributed by atoms with Crippen LogP contribution < -0.4 is 14.8 Å². The molecule has 1 heterocycles. The lowest BCUT2D eigenvalue weighted by molar-refractivity contribution is 0.102. The van der Waals surface area contributed by atoms with Gasteiger partial charge in [-0.05, 0) is 38.2 Å². The maximum Gasteiger partial charge on any atom is 0.258 e. The van der Waals surface area contributed by atoms with Gasteiger partial charge in [-0.1, -0.05) is 32.0 Å². The summed E-state index contributed by atoms with van der Waals surface area (Å²) in [5, 5.41) is 3.89. The third-order valence-corrected chi connectivity index (χ3v) is 5.10. The summed E-state index contributed by atoms with van der Waals surface area (Å²) >= 11 is 0. The van der Waals surface area contributed by atoms with Gasteiger partial charge in [0.25, 0.3) is 5.91 Å². The Hall–Kier alpha value is -2.99. The lowest BCUT2D eigenvalue weighted by Gasteiger charge is -2.19. The molecule has 3 aromatic rings. The molecule has 3 rings (SSSR count). The van der Waals surface area contributed by atoms with E-state index < -0.39 is 0 Å². The van der Waals surface area contributed by atoms with Crippen molar-refractivity contribution in [1.82, 2.24) is 9.88 Å². The number of anilines is 1. The van der Waals surface area contributed by atoms with Gasteiger partial charge in [-0.3, -0.25) is 4.79 Å². The second-order valence-corrected chi connectivity index (χ2v) is 6.87. The zero-order chi connectivity index (χ0) is 20.8. The van der Waals surface area contributed by atoms with Crippen LogP contribution in [0.1, 0.15) is 29.9 Å². The fourth-order valence-corrected chi connectivity index (χ4v) is 3.45. The molecule has 0 fully saturated rings. The molecule has 154 valence electrons. The average molecular weight is 396 g/mol. The average Bonchev–Trinajstić information content (AvgIpc) is 3.07. The number of hydrogen-bond acceptors (Lipinski definition) is 4. The highest BCUT2D eigenvalue weighted by Crippen LogP contribution is 2.31. The number of H-pyrrole nitrogens is 1. The maximum absolute atomic E-state index is 12.9. The van der Waals surface area contributed by atoms with Crippen molar-refractivity contribution in [3.05, 3.63) is 53.7 Å². The van der Waals surface area contributed by atoms with Crippen molar-refractivity contribution in [3.63, 3.8) is 0 Å². The minimum absolute atomic E-state index is 0.154. The predicted molar refractivity (Wildman–Crippen MR) is 117 cm³/mol. The highest BCUT2D eigenvalue weighted by Gasteiger charge is 2.17. The van der Waals surface area contributed by atoms with Crippen molar-refractivity contribution < 1.29 is 14.3 Å². The number of ether oxygens (including phenoxy) is 2. The molecule has 0 aliphatic carbocycles. The number of para-hydroxylation sites is 1. The Balaban J connectivity index is 1.76. The van der Waals surface area contributed by atoms with Crippen molar-refractivity contribution >= 4 is 22.5 Å². The zero-order valence-electron chi connectivity index (χ0n) is 17.5. The van der Waals surface area contributed by atoms with E-state index in [0.717, 1.165) is 36.2 Å². The van der Waals surface area contributed by atoms with E-state index in [4.69, 9.17) is 9.47 Å². The van der Waals surface area contributed by atoms with Gasteiger partial charge >= 0.3 is 0 Å². The molecule has 0 saturated heterocycles. The normalized spacial score (nSPS) is 11.1. The van der Waals surface area contributed by atoms with E-state index in [1.807, 2.05) is 49.4 Å². The smallest absolute Gasteiger partial charge is 0.258 e. The number of nitrogens with one attached hydrogen (secondary N) is 2. The lowest BCUT2D eigenvalue weighted by atomic mass is 10.1. The Bertz CT molecular complexity index is 977. The highest BCUT2D eigenvalue weighted by molar-refractivity contribution is 6.14. The quantitative estimate of drug-likeness (QED) is 0.561. The van der Waals surface area contributed by atoms with Crippen LogP contribution in [0.25, 0.3) is 10.9 Å². The highest BCUT2D eigenvalue weighted by atomic mass is 16.5. The van der Waals surface area contributed by atoms with Crippen LogP contribution in [0, 0.1) is 6.92 Å². The topological polar surface area (TPSA) is 66.6 Å². The number of nitrogens with zero attached hydrogens (tertiary/aromatic N) is 1. The van der Waals surface area contributed by atoms with E-state index in [1.54, 1.807) is 7.11 Å². The maximum atomic E-state index is 12.9. The van der Waals surface area contributed by atoms with Crippen molar-refractivity contribution in [2.45, 2.75) is 20.8 Å². The van der Waals surface area contributed by atoms with E-state index in [2.05, 4.69) is 29.0 Å². The Kier molecular flexibility index (Phi) is 6.77. The second-order valence-electron chi connectivity index (χ2n) is 6.87. The summed E-state index contributed by atoms with van der Waals surface area (Å²) in [5.41, 5.74) is 3.11. The van der Waals surface area contributed by atoms with Gasteiger partial charge in [0.1, 0.15) is 6.61 Å². The first-order chi connectivity index (χ1) is 14.1. The van der Waals surface area contributed by atoms with Gasteiger partial charge in [0.05, 0.1) is 12.7 Å². The van der Waals surface area contributed by atoms with Crippen molar-refractivity contribution in [3.8, 4) is 11.5 Å². The molecule has 0 saturated carbocycles. The number of fused-ring (bicyclic) bond motifs is 1. The summed E-state index contributed by atoms with van der Waals surface area (Å²) in [6.07, 6.45) is 0. The molecule has 1 aromatic heterocycles. The van der Waals surface area contributed by atoms with Gasteiger partial charge in [-0.2, -0.15) is 0 Å². The molecule has 0 aliphatic heterocycles. The third-order valence-electron chi connectivity index (χ3n) is 5.10. The Labute approximate surface area is 171 Å². The minimum Gasteiger partial charge on any atom is -0.493 e. The van der Waals surface area contributed by atoms with Gasteiger partial charge < -0.3 is 24.7 Å². The molecule has 0 radical (unpaired) electrons. The number of aryl methyl sites for hydroxylation is 1. The first-order valence-corrected chi connectivity index (χ1v) is 9.99. The zero-order valence-corrected chi connectivity index (χ0v) is 17.5. The molecule has 2 N–H and O–H groups in total. The fourth-order valence-electron chi connectivity index (χ4n) is 3.45. The van der Waals surface area contributed by atoms with Gasteiger partial charge in [0.2, 0.25) is 0 Å². The molecule has 1 amide bonds. The number of carbonyl (C=O) groups excluding carboxylic acids is 1. The van der Waals surface area contributed by atoms with Gasteiger partial charge in [0, 0.05) is 34.9 Å². The fraction of sp³-hybridized carbons (Fsp3) is 0.348. The monoisotopic (exact) mass is 395 g/mol. The number of aromatic amines is 1. The van der Waals surface area contributed by atoms with Crippen LogP contribution in [0.2, 0.25) is 0 Å². The Morgan fingerprint density at radius 3 is 2.59 bits per heavy atom. The minimum atomic E-state index is -0.154. The molecular weight excluding hydrogens is 366 g/mol. The summed E-state index contributed by atoms with van der Waals surface area (Å²) in [6.45, 7) is 9.52. The summed E-state index contributed by atoms with van der Waals surface area (Å²) in [7, 11) is 1.61. The number of methoxy groups -OCH3 is 1. The van der Waals surface area contributed by atoms with Crippen LogP contribution in [-0.2, 0) is 0 Å². The number of carbonyl (C=O) groups is 1. The molecule has 2 aromatic carbocycles. The number of amides is 1. The van der Waals surface area contributed by atoms with Crippen LogP contribution in [-0.4, -0.2) is 49.1 Å². The van der Waals surface area contributed by atoms with Gasteiger partial charge in [0.15, 0.2) is 11.5 Å². The first-order valence-electron chi connectivity index (χ1n) is 9.99. The van der Waals surface area contributed by atoms with Gasteiger partial charge in [-0.15, -0.1) is 0 Å². The van der Waals surface area contributed by atoms with Crippen molar-refractivity contribution in [2.24, 2.45) is 0 Å². The number of hydrogen-bond donors (Lipinski definition) is 2. The second kappa shape index (κ2) is 9.47.